The standard InChI is InChI=1S/C18H17N3O4S/c1-11-5-6-13(15(8-11)24-2)20-16(22)9-12-10-26-18(19-12)21-17(23)14-4-3-7-25-14/h3-8,10H,9H2,1-2H3,(H,20,22)(H,19,21,23). The number of aromatic nitrogens is 1. The van der Waals surface area contributed by atoms with Gasteiger partial charge in [0.2, 0.25) is 5.91 Å². The van der Waals surface area contributed by atoms with E-state index >= 15 is 0 Å². The van der Waals surface area contributed by atoms with Gasteiger partial charge in [0.1, 0.15) is 5.75 Å². The monoisotopic (exact) mass is 371 g/mol. The molecule has 0 aliphatic rings. The average Bonchev–Trinajstić information content (AvgIpc) is 3.28. The average molecular weight is 371 g/mol. The number of anilines is 2. The van der Waals surface area contributed by atoms with Crippen LogP contribution in [-0.4, -0.2) is 23.9 Å². The summed E-state index contributed by atoms with van der Waals surface area (Å²) in [5.74, 6) is 0.195. The Bertz CT molecular complexity index is 918. The lowest BCUT2D eigenvalue weighted by atomic mass is 10.2. The number of furan rings is 1. The first-order valence-electron chi connectivity index (χ1n) is 7.79. The molecular formula is C18H17N3O4S. The summed E-state index contributed by atoms with van der Waals surface area (Å²) < 4.78 is 10.3. The minimum atomic E-state index is -0.384. The second-order valence-corrected chi connectivity index (χ2v) is 6.36. The van der Waals surface area contributed by atoms with Crippen LogP contribution in [0.3, 0.4) is 0 Å². The topological polar surface area (TPSA) is 93.5 Å². The predicted octanol–water partition coefficient (Wildman–Crippen LogP) is 3.49. The quantitative estimate of drug-likeness (QED) is 0.692. The van der Waals surface area contributed by atoms with Crippen molar-refractivity contribution in [3.63, 3.8) is 0 Å². The summed E-state index contributed by atoms with van der Waals surface area (Å²) >= 11 is 1.24. The Morgan fingerprint density at radius 1 is 1.27 bits per heavy atom. The highest BCUT2D eigenvalue weighted by Crippen LogP contribution is 2.25. The van der Waals surface area contributed by atoms with Gasteiger partial charge in [-0.2, -0.15) is 0 Å². The van der Waals surface area contributed by atoms with Gasteiger partial charge in [-0.15, -0.1) is 11.3 Å². The molecule has 2 amide bonds. The molecule has 2 aromatic heterocycles. The molecule has 2 N–H and O–H groups in total. The number of amides is 2. The number of thiazole rings is 1. The van der Waals surface area contributed by atoms with Gasteiger partial charge in [-0.05, 0) is 36.8 Å². The molecule has 2 heterocycles. The number of methoxy groups -OCH3 is 1. The minimum Gasteiger partial charge on any atom is -0.495 e. The summed E-state index contributed by atoms with van der Waals surface area (Å²) in [7, 11) is 1.55. The zero-order valence-electron chi connectivity index (χ0n) is 14.2. The van der Waals surface area contributed by atoms with Crippen molar-refractivity contribution in [1.82, 2.24) is 4.98 Å². The van der Waals surface area contributed by atoms with E-state index in [0.717, 1.165) is 5.56 Å². The van der Waals surface area contributed by atoms with Crippen molar-refractivity contribution in [1.29, 1.82) is 0 Å². The lowest BCUT2D eigenvalue weighted by Crippen LogP contribution is -2.15. The van der Waals surface area contributed by atoms with Crippen molar-refractivity contribution in [2.24, 2.45) is 0 Å². The Hall–Kier alpha value is -3.13. The van der Waals surface area contributed by atoms with E-state index in [0.29, 0.717) is 22.3 Å². The summed E-state index contributed by atoms with van der Waals surface area (Å²) in [5.41, 5.74) is 2.20. The van der Waals surface area contributed by atoms with Crippen molar-refractivity contribution >= 4 is 34.0 Å². The smallest absolute Gasteiger partial charge is 0.293 e. The third-order valence-electron chi connectivity index (χ3n) is 3.49. The summed E-state index contributed by atoms with van der Waals surface area (Å²) in [6.07, 6.45) is 1.51. The Kier molecular flexibility index (Phi) is 5.33. The highest BCUT2D eigenvalue weighted by atomic mass is 32.1. The Labute approximate surface area is 154 Å². The summed E-state index contributed by atoms with van der Waals surface area (Å²) in [6, 6.07) is 8.73. The first-order valence-corrected chi connectivity index (χ1v) is 8.67. The first kappa shape index (κ1) is 17.7. The van der Waals surface area contributed by atoms with Crippen LogP contribution < -0.4 is 15.4 Å². The molecule has 0 atom stereocenters. The third kappa shape index (κ3) is 4.28. The van der Waals surface area contributed by atoms with Crippen LogP contribution in [0.1, 0.15) is 21.8 Å². The van der Waals surface area contributed by atoms with E-state index in [1.54, 1.807) is 30.7 Å². The number of rotatable bonds is 6. The highest BCUT2D eigenvalue weighted by Gasteiger charge is 2.14. The fraction of sp³-hybridized carbons (Fsp3) is 0.167. The van der Waals surface area contributed by atoms with E-state index in [9.17, 15) is 9.59 Å². The summed E-state index contributed by atoms with van der Waals surface area (Å²) in [5, 5.41) is 7.57. The van der Waals surface area contributed by atoms with E-state index in [1.807, 2.05) is 19.1 Å². The van der Waals surface area contributed by atoms with Gasteiger partial charge in [-0.25, -0.2) is 4.98 Å². The maximum Gasteiger partial charge on any atom is 0.293 e. The van der Waals surface area contributed by atoms with Crippen LogP contribution in [0, 0.1) is 6.92 Å². The molecule has 1 aromatic carbocycles. The number of hydrogen-bond acceptors (Lipinski definition) is 6. The molecule has 0 saturated heterocycles. The molecule has 0 saturated carbocycles. The highest BCUT2D eigenvalue weighted by molar-refractivity contribution is 7.14. The van der Waals surface area contributed by atoms with Gasteiger partial charge < -0.3 is 14.5 Å². The van der Waals surface area contributed by atoms with Gasteiger partial charge in [0, 0.05) is 5.38 Å². The lowest BCUT2D eigenvalue weighted by Gasteiger charge is -2.10. The van der Waals surface area contributed by atoms with Crippen molar-refractivity contribution in [3.8, 4) is 5.75 Å². The maximum absolute atomic E-state index is 12.2. The molecule has 26 heavy (non-hydrogen) atoms. The van der Waals surface area contributed by atoms with Crippen LogP contribution in [0.15, 0.2) is 46.4 Å². The van der Waals surface area contributed by atoms with Crippen LogP contribution in [-0.2, 0) is 11.2 Å². The molecule has 0 spiro atoms. The number of carbonyl (C=O) groups excluding carboxylic acids is 2. The zero-order valence-corrected chi connectivity index (χ0v) is 15.1. The van der Waals surface area contributed by atoms with E-state index in [1.165, 1.54) is 17.6 Å². The normalized spacial score (nSPS) is 10.4. The molecule has 0 fully saturated rings. The number of ether oxygens (including phenoxy) is 1. The first-order chi connectivity index (χ1) is 12.5. The van der Waals surface area contributed by atoms with Crippen molar-refractivity contribution in [2.75, 3.05) is 17.7 Å². The molecule has 0 aliphatic heterocycles. The van der Waals surface area contributed by atoms with E-state index in [4.69, 9.17) is 9.15 Å². The fourth-order valence-corrected chi connectivity index (χ4v) is 2.98. The zero-order chi connectivity index (χ0) is 18.5. The van der Waals surface area contributed by atoms with Crippen LogP contribution in [0.2, 0.25) is 0 Å². The summed E-state index contributed by atoms with van der Waals surface area (Å²) in [4.78, 5) is 28.4. The molecule has 3 aromatic rings. The van der Waals surface area contributed by atoms with Crippen molar-refractivity contribution < 1.29 is 18.7 Å². The van der Waals surface area contributed by atoms with Gasteiger partial charge in [0.25, 0.3) is 5.91 Å². The van der Waals surface area contributed by atoms with Gasteiger partial charge in [-0.3, -0.25) is 14.9 Å². The number of aryl methyl sites for hydroxylation is 1. The Balaban J connectivity index is 1.60. The fourth-order valence-electron chi connectivity index (χ4n) is 2.27. The van der Waals surface area contributed by atoms with Crippen molar-refractivity contribution in [3.05, 3.63) is 59.0 Å². The molecule has 0 radical (unpaired) electrons. The van der Waals surface area contributed by atoms with E-state index < -0.39 is 0 Å². The third-order valence-corrected chi connectivity index (χ3v) is 4.30. The minimum absolute atomic E-state index is 0.0875. The Morgan fingerprint density at radius 2 is 2.12 bits per heavy atom. The molecule has 0 bridgehead atoms. The number of nitrogens with one attached hydrogen (secondary N) is 2. The molecule has 0 aliphatic carbocycles. The van der Waals surface area contributed by atoms with Gasteiger partial charge in [0.15, 0.2) is 10.9 Å². The molecule has 8 heteroatoms. The van der Waals surface area contributed by atoms with Crippen LogP contribution in [0.4, 0.5) is 10.8 Å². The van der Waals surface area contributed by atoms with Gasteiger partial charge in [-0.1, -0.05) is 6.07 Å². The number of nitrogens with zero attached hydrogens (tertiary/aromatic N) is 1. The van der Waals surface area contributed by atoms with E-state index in [2.05, 4.69) is 15.6 Å². The number of benzene rings is 1. The van der Waals surface area contributed by atoms with Crippen molar-refractivity contribution in [2.45, 2.75) is 13.3 Å². The Morgan fingerprint density at radius 3 is 2.85 bits per heavy atom. The van der Waals surface area contributed by atoms with Gasteiger partial charge >= 0.3 is 0 Å². The maximum atomic E-state index is 12.2. The second-order valence-electron chi connectivity index (χ2n) is 5.50. The number of carbonyl (C=O) groups is 2. The molecule has 7 nitrogen and oxygen atoms in total. The number of hydrogen-bond donors (Lipinski definition) is 2. The molecular weight excluding hydrogens is 354 g/mol. The summed E-state index contributed by atoms with van der Waals surface area (Å²) in [6.45, 7) is 1.95. The van der Waals surface area contributed by atoms with E-state index in [-0.39, 0.29) is 24.0 Å². The predicted molar refractivity (Wildman–Crippen MR) is 98.8 cm³/mol. The SMILES string of the molecule is COc1cc(C)ccc1NC(=O)Cc1csc(NC(=O)c2ccco2)n1. The largest absolute Gasteiger partial charge is 0.495 e. The lowest BCUT2D eigenvalue weighted by molar-refractivity contribution is -0.115. The molecule has 3 rings (SSSR count). The van der Waals surface area contributed by atoms with Crippen LogP contribution in [0.25, 0.3) is 0 Å². The molecule has 134 valence electrons. The molecule has 0 unspecified atom stereocenters. The van der Waals surface area contributed by atoms with Crippen LogP contribution in [0.5, 0.6) is 5.75 Å². The second kappa shape index (κ2) is 7.83. The van der Waals surface area contributed by atoms with Gasteiger partial charge in [0.05, 0.1) is 31.2 Å². The van der Waals surface area contributed by atoms with Crippen LogP contribution >= 0.6 is 11.3 Å².